The van der Waals surface area contributed by atoms with Crippen molar-refractivity contribution in [3.8, 4) is 6.07 Å². The first-order valence-electron chi connectivity index (χ1n) is 3.65. The van der Waals surface area contributed by atoms with Crippen LogP contribution in [0.5, 0.6) is 0 Å². The van der Waals surface area contributed by atoms with E-state index in [0.29, 0.717) is 10.6 Å². The Morgan fingerprint density at radius 2 is 2.23 bits per heavy atom. The minimum Gasteiger partial charge on any atom is -0.206 e. The largest absolute Gasteiger partial charge is 0.206 e. The quantitative estimate of drug-likeness (QED) is 0.572. The summed E-state index contributed by atoms with van der Waals surface area (Å²) in [5.41, 5.74) is 0. The van der Waals surface area contributed by atoms with Gasteiger partial charge in [0.05, 0.1) is 6.07 Å². The maximum Gasteiger partial charge on any atom is 0.136 e. The van der Waals surface area contributed by atoms with Crippen molar-refractivity contribution in [3.05, 3.63) is 30.1 Å². The molecule has 1 aromatic carbocycles. The lowest BCUT2D eigenvalue weighted by atomic mass is 10.3. The van der Waals surface area contributed by atoms with E-state index in [4.69, 9.17) is 16.9 Å². The molecule has 0 aromatic heterocycles. The summed E-state index contributed by atoms with van der Waals surface area (Å²) in [7, 11) is 0. The Morgan fingerprint density at radius 3 is 2.85 bits per heavy atom. The second-order valence-corrected chi connectivity index (χ2v) is 3.93. The predicted octanol–water partition coefficient (Wildman–Crippen LogP) is 3.05. The molecule has 0 spiro atoms. The molecule has 4 heteroatoms. The van der Waals surface area contributed by atoms with Crippen LogP contribution >= 0.6 is 23.4 Å². The fourth-order valence-corrected chi connectivity index (χ4v) is 1.73. The number of thioether (sulfide) groups is 1. The third-order valence-corrected chi connectivity index (χ3v) is 2.94. The normalized spacial score (nSPS) is 12.1. The van der Waals surface area contributed by atoms with Gasteiger partial charge in [0.2, 0.25) is 0 Å². The van der Waals surface area contributed by atoms with Crippen LogP contribution in [0, 0.1) is 17.1 Å². The third kappa shape index (κ3) is 3.25. The molecule has 0 aliphatic heterocycles. The molecular formula is C9H7ClFNS. The number of rotatable bonds is 3. The molecule has 1 atom stereocenters. The molecule has 0 aliphatic rings. The van der Waals surface area contributed by atoms with E-state index < -0.39 is 5.38 Å². The zero-order valence-corrected chi connectivity index (χ0v) is 8.28. The van der Waals surface area contributed by atoms with Gasteiger partial charge in [-0.3, -0.25) is 0 Å². The molecule has 0 fully saturated rings. The SMILES string of the molecule is N#CC(Cl)CSc1ccccc1F. The Hall–Kier alpha value is -0.720. The topological polar surface area (TPSA) is 23.8 Å². The number of benzene rings is 1. The van der Waals surface area contributed by atoms with Crippen LogP contribution in [0.2, 0.25) is 0 Å². The van der Waals surface area contributed by atoms with Gasteiger partial charge in [0, 0.05) is 10.6 Å². The standard InChI is InChI=1S/C9H7ClFNS/c10-7(5-12)6-13-9-4-2-1-3-8(9)11/h1-4,7H,6H2. The number of nitriles is 1. The van der Waals surface area contributed by atoms with Crippen molar-refractivity contribution in [2.24, 2.45) is 0 Å². The van der Waals surface area contributed by atoms with Gasteiger partial charge < -0.3 is 0 Å². The zero-order valence-electron chi connectivity index (χ0n) is 6.71. The summed E-state index contributed by atoms with van der Waals surface area (Å²) in [6.45, 7) is 0. The lowest BCUT2D eigenvalue weighted by Crippen LogP contribution is -1.97. The average molecular weight is 216 g/mol. The molecule has 0 radical (unpaired) electrons. The van der Waals surface area contributed by atoms with Crippen molar-refractivity contribution in [2.75, 3.05) is 5.75 Å². The van der Waals surface area contributed by atoms with Gasteiger partial charge >= 0.3 is 0 Å². The molecule has 0 saturated carbocycles. The smallest absolute Gasteiger partial charge is 0.136 e. The molecule has 0 heterocycles. The van der Waals surface area contributed by atoms with E-state index in [9.17, 15) is 4.39 Å². The molecule has 1 unspecified atom stereocenters. The molecule has 68 valence electrons. The number of nitrogens with zero attached hydrogens (tertiary/aromatic N) is 1. The fourth-order valence-electron chi connectivity index (χ4n) is 0.762. The van der Waals surface area contributed by atoms with Crippen LogP contribution in [0.3, 0.4) is 0 Å². The molecule has 0 bridgehead atoms. The fraction of sp³-hybridized carbons (Fsp3) is 0.222. The van der Waals surface area contributed by atoms with Crippen molar-refractivity contribution in [1.29, 1.82) is 5.26 Å². The van der Waals surface area contributed by atoms with E-state index in [-0.39, 0.29) is 5.82 Å². The summed E-state index contributed by atoms with van der Waals surface area (Å²) < 4.78 is 13.0. The Kier molecular flexibility index (Phi) is 4.07. The van der Waals surface area contributed by atoms with E-state index in [1.807, 2.05) is 6.07 Å². The Bertz CT molecular complexity index is 324. The minimum atomic E-state index is -0.565. The predicted molar refractivity (Wildman–Crippen MR) is 52.4 cm³/mol. The second kappa shape index (κ2) is 5.11. The maximum atomic E-state index is 13.0. The number of hydrogen-bond donors (Lipinski definition) is 0. The van der Waals surface area contributed by atoms with Gasteiger partial charge in [-0.15, -0.1) is 23.4 Å². The van der Waals surface area contributed by atoms with Crippen LogP contribution in [0.4, 0.5) is 4.39 Å². The Morgan fingerprint density at radius 1 is 1.54 bits per heavy atom. The van der Waals surface area contributed by atoms with Crippen molar-refractivity contribution in [1.82, 2.24) is 0 Å². The number of halogens is 2. The van der Waals surface area contributed by atoms with Crippen molar-refractivity contribution in [2.45, 2.75) is 10.3 Å². The van der Waals surface area contributed by atoms with Crippen molar-refractivity contribution in [3.63, 3.8) is 0 Å². The van der Waals surface area contributed by atoms with Gasteiger partial charge in [-0.2, -0.15) is 5.26 Å². The zero-order chi connectivity index (χ0) is 9.68. The number of alkyl halides is 1. The third-order valence-electron chi connectivity index (χ3n) is 1.36. The average Bonchev–Trinajstić information content (AvgIpc) is 2.16. The molecule has 0 saturated heterocycles. The minimum absolute atomic E-state index is 0.269. The summed E-state index contributed by atoms with van der Waals surface area (Å²) in [6, 6.07) is 8.31. The van der Waals surface area contributed by atoms with Gasteiger partial charge in [0.25, 0.3) is 0 Å². The van der Waals surface area contributed by atoms with Crippen LogP contribution in [0.15, 0.2) is 29.2 Å². The van der Waals surface area contributed by atoms with Crippen molar-refractivity contribution >= 4 is 23.4 Å². The Balaban J connectivity index is 2.56. The summed E-state index contributed by atoms with van der Waals surface area (Å²) >= 11 is 6.81. The molecule has 1 aromatic rings. The van der Waals surface area contributed by atoms with E-state index in [1.54, 1.807) is 18.2 Å². The highest BCUT2D eigenvalue weighted by atomic mass is 35.5. The van der Waals surface area contributed by atoms with Gasteiger partial charge in [0.15, 0.2) is 0 Å². The lowest BCUT2D eigenvalue weighted by molar-refractivity contribution is 0.602. The van der Waals surface area contributed by atoms with Crippen LogP contribution in [-0.2, 0) is 0 Å². The lowest BCUT2D eigenvalue weighted by Gasteiger charge is -2.01. The molecule has 1 rings (SSSR count). The first-order chi connectivity index (χ1) is 6.24. The first kappa shape index (κ1) is 10.4. The molecule has 0 amide bonds. The monoisotopic (exact) mass is 215 g/mol. The molecular weight excluding hydrogens is 209 g/mol. The van der Waals surface area contributed by atoms with Crippen LogP contribution < -0.4 is 0 Å². The van der Waals surface area contributed by atoms with Crippen LogP contribution in [-0.4, -0.2) is 11.1 Å². The summed E-state index contributed by atoms with van der Waals surface area (Å²) in [4.78, 5) is 0.531. The molecule has 0 N–H and O–H groups in total. The highest BCUT2D eigenvalue weighted by molar-refractivity contribution is 7.99. The molecule has 13 heavy (non-hydrogen) atoms. The summed E-state index contributed by atoms with van der Waals surface area (Å²) in [5, 5.41) is 7.83. The second-order valence-electron chi connectivity index (χ2n) is 2.34. The van der Waals surface area contributed by atoms with Crippen LogP contribution in [0.25, 0.3) is 0 Å². The maximum absolute atomic E-state index is 13.0. The Labute approximate surface area is 85.5 Å². The highest BCUT2D eigenvalue weighted by Gasteiger charge is 2.05. The highest BCUT2D eigenvalue weighted by Crippen LogP contribution is 2.22. The van der Waals surface area contributed by atoms with E-state index in [2.05, 4.69) is 0 Å². The van der Waals surface area contributed by atoms with Gasteiger partial charge in [0.1, 0.15) is 11.2 Å². The van der Waals surface area contributed by atoms with Gasteiger partial charge in [-0.1, -0.05) is 12.1 Å². The van der Waals surface area contributed by atoms with E-state index in [1.165, 1.54) is 17.8 Å². The van der Waals surface area contributed by atoms with E-state index in [0.717, 1.165) is 0 Å². The number of hydrogen-bond acceptors (Lipinski definition) is 2. The summed E-state index contributed by atoms with van der Waals surface area (Å²) in [5.74, 6) is 0.133. The van der Waals surface area contributed by atoms with Gasteiger partial charge in [-0.25, -0.2) is 4.39 Å². The van der Waals surface area contributed by atoms with E-state index >= 15 is 0 Å². The molecule has 1 nitrogen and oxygen atoms in total. The molecule has 0 aliphatic carbocycles. The van der Waals surface area contributed by atoms with Crippen molar-refractivity contribution < 1.29 is 4.39 Å². The first-order valence-corrected chi connectivity index (χ1v) is 5.07. The van der Waals surface area contributed by atoms with Crippen LogP contribution in [0.1, 0.15) is 0 Å². The van der Waals surface area contributed by atoms with Gasteiger partial charge in [-0.05, 0) is 12.1 Å². The summed E-state index contributed by atoms with van der Waals surface area (Å²) in [6.07, 6.45) is 0.